The zero-order valence-electron chi connectivity index (χ0n) is 12.4. The lowest BCUT2D eigenvalue weighted by atomic mass is 10.00. The molecule has 0 radical (unpaired) electrons. The van der Waals surface area contributed by atoms with E-state index in [2.05, 4.69) is 23.5 Å². The summed E-state index contributed by atoms with van der Waals surface area (Å²) in [6.07, 6.45) is -0.391. The van der Waals surface area contributed by atoms with Crippen LogP contribution >= 0.6 is 0 Å². The summed E-state index contributed by atoms with van der Waals surface area (Å²) in [4.78, 5) is 11.8. The highest BCUT2D eigenvalue weighted by Gasteiger charge is 2.18. The first-order valence-corrected chi connectivity index (χ1v) is 6.84. The molecule has 2 aromatic rings. The highest BCUT2D eigenvalue weighted by Crippen LogP contribution is 2.24. The molecule has 20 heavy (non-hydrogen) atoms. The molecule has 1 amide bonds. The van der Waals surface area contributed by atoms with Crippen LogP contribution in [0.3, 0.4) is 0 Å². The third-order valence-electron chi connectivity index (χ3n) is 3.02. The summed E-state index contributed by atoms with van der Waals surface area (Å²) in [6, 6.07) is 14.2. The molecular formula is C17H21NO2. The predicted octanol–water partition coefficient (Wildman–Crippen LogP) is 4.43. The summed E-state index contributed by atoms with van der Waals surface area (Å²) in [5.74, 6) is 0. The van der Waals surface area contributed by atoms with Crippen LogP contribution in [0.1, 0.15) is 39.3 Å². The van der Waals surface area contributed by atoms with Crippen molar-refractivity contribution in [3.63, 3.8) is 0 Å². The summed E-state index contributed by atoms with van der Waals surface area (Å²) < 4.78 is 5.29. The van der Waals surface area contributed by atoms with Crippen molar-refractivity contribution in [2.75, 3.05) is 0 Å². The maximum Gasteiger partial charge on any atom is 0.408 e. The minimum Gasteiger partial charge on any atom is -0.444 e. The normalized spacial score (nSPS) is 13.0. The third kappa shape index (κ3) is 3.50. The van der Waals surface area contributed by atoms with E-state index in [1.807, 2.05) is 52.0 Å². The number of hydrogen-bond donors (Lipinski definition) is 1. The molecular weight excluding hydrogens is 250 g/mol. The van der Waals surface area contributed by atoms with Crippen LogP contribution in [0.2, 0.25) is 0 Å². The van der Waals surface area contributed by atoms with E-state index in [9.17, 15) is 4.79 Å². The van der Waals surface area contributed by atoms with Gasteiger partial charge >= 0.3 is 6.09 Å². The lowest BCUT2D eigenvalue weighted by Crippen LogP contribution is -2.34. The lowest BCUT2D eigenvalue weighted by molar-refractivity contribution is 0.0508. The van der Waals surface area contributed by atoms with Crippen molar-refractivity contribution in [3.8, 4) is 0 Å². The predicted molar refractivity (Wildman–Crippen MR) is 81.7 cm³/mol. The molecule has 0 saturated heterocycles. The molecule has 3 nitrogen and oxygen atoms in total. The fourth-order valence-corrected chi connectivity index (χ4v) is 2.19. The minimum absolute atomic E-state index is 0.101. The lowest BCUT2D eigenvalue weighted by Gasteiger charge is -2.22. The zero-order valence-corrected chi connectivity index (χ0v) is 12.4. The van der Waals surface area contributed by atoms with Crippen LogP contribution < -0.4 is 5.32 Å². The van der Waals surface area contributed by atoms with E-state index >= 15 is 0 Å². The number of alkyl carbamates (subject to hydrolysis) is 1. The van der Waals surface area contributed by atoms with Gasteiger partial charge in [-0.1, -0.05) is 42.5 Å². The van der Waals surface area contributed by atoms with Gasteiger partial charge < -0.3 is 10.1 Å². The fraction of sp³-hybridized carbons (Fsp3) is 0.353. The number of carbonyl (C=O) groups excluding carboxylic acids is 1. The van der Waals surface area contributed by atoms with Crippen LogP contribution in [0, 0.1) is 0 Å². The van der Waals surface area contributed by atoms with E-state index in [0.717, 1.165) is 10.9 Å². The average molecular weight is 271 g/mol. The van der Waals surface area contributed by atoms with Gasteiger partial charge in [-0.25, -0.2) is 4.79 Å². The first-order valence-electron chi connectivity index (χ1n) is 6.84. The van der Waals surface area contributed by atoms with E-state index in [0.29, 0.717) is 0 Å². The van der Waals surface area contributed by atoms with Gasteiger partial charge in [0.25, 0.3) is 0 Å². The van der Waals surface area contributed by atoms with Crippen molar-refractivity contribution < 1.29 is 9.53 Å². The van der Waals surface area contributed by atoms with E-state index in [1.165, 1.54) is 5.39 Å². The van der Waals surface area contributed by atoms with Crippen molar-refractivity contribution in [2.24, 2.45) is 0 Å². The van der Waals surface area contributed by atoms with E-state index in [1.54, 1.807) is 0 Å². The number of carbonyl (C=O) groups is 1. The number of ether oxygens (including phenoxy) is 1. The molecule has 106 valence electrons. The summed E-state index contributed by atoms with van der Waals surface area (Å²) >= 11 is 0. The standard InChI is InChI=1S/C17H21NO2/c1-12(18-16(19)20-17(2,3)4)14-11-7-9-13-8-5-6-10-15(13)14/h5-12H,1-4H3,(H,18,19)/t12-/m0/s1. The molecule has 0 aliphatic heterocycles. The van der Waals surface area contributed by atoms with E-state index in [-0.39, 0.29) is 6.04 Å². The second-order valence-electron chi connectivity index (χ2n) is 5.94. The molecule has 2 aromatic carbocycles. The maximum absolute atomic E-state index is 11.8. The van der Waals surface area contributed by atoms with Gasteiger partial charge in [-0.2, -0.15) is 0 Å². The number of benzene rings is 2. The van der Waals surface area contributed by atoms with E-state index in [4.69, 9.17) is 4.74 Å². The van der Waals surface area contributed by atoms with Crippen LogP contribution in [0.25, 0.3) is 10.8 Å². The Bertz CT molecular complexity index is 608. The Morgan fingerprint density at radius 1 is 1.10 bits per heavy atom. The van der Waals surface area contributed by atoms with Crippen LogP contribution in [0.5, 0.6) is 0 Å². The third-order valence-corrected chi connectivity index (χ3v) is 3.02. The maximum atomic E-state index is 11.8. The number of amides is 1. The number of hydrogen-bond acceptors (Lipinski definition) is 2. The van der Waals surface area contributed by atoms with Gasteiger partial charge in [-0.15, -0.1) is 0 Å². The van der Waals surface area contributed by atoms with Gasteiger partial charge in [0, 0.05) is 0 Å². The van der Waals surface area contributed by atoms with Crippen molar-refractivity contribution in [1.82, 2.24) is 5.32 Å². The van der Waals surface area contributed by atoms with Gasteiger partial charge in [0.2, 0.25) is 0 Å². The SMILES string of the molecule is C[C@H](NC(=O)OC(C)(C)C)c1cccc2ccccc12. The van der Waals surface area contributed by atoms with Crippen LogP contribution in [0.15, 0.2) is 42.5 Å². The topological polar surface area (TPSA) is 38.3 Å². The molecule has 3 heteroatoms. The second-order valence-corrected chi connectivity index (χ2v) is 5.94. The van der Waals surface area contributed by atoms with Gasteiger partial charge in [-0.3, -0.25) is 0 Å². The molecule has 0 saturated carbocycles. The molecule has 1 N–H and O–H groups in total. The van der Waals surface area contributed by atoms with Gasteiger partial charge in [0.1, 0.15) is 5.60 Å². The first kappa shape index (κ1) is 14.4. The number of nitrogens with one attached hydrogen (secondary N) is 1. The smallest absolute Gasteiger partial charge is 0.408 e. The molecule has 0 bridgehead atoms. The summed E-state index contributed by atoms with van der Waals surface area (Å²) in [5.41, 5.74) is 0.608. The highest BCUT2D eigenvalue weighted by molar-refractivity contribution is 5.86. The quantitative estimate of drug-likeness (QED) is 0.877. The summed E-state index contributed by atoms with van der Waals surface area (Å²) in [6.45, 7) is 7.53. The Morgan fingerprint density at radius 2 is 1.75 bits per heavy atom. The van der Waals surface area contributed by atoms with Crippen molar-refractivity contribution in [2.45, 2.75) is 39.3 Å². The molecule has 0 fully saturated rings. The minimum atomic E-state index is -0.484. The molecule has 2 rings (SSSR count). The molecule has 0 aliphatic rings. The summed E-state index contributed by atoms with van der Waals surface area (Å²) in [7, 11) is 0. The Kier molecular flexibility index (Phi) is 3.98. The summed E-state index contributed by atoms with van der Waals surface area (Å²) in [5, 5.41) is 5.20. The Labute approximate surface area is 119 Å². The van der Waals surface area contributed by atoms with Crippen molar-refractivity contribution in [1.29, 1.82) is 0 Å². The Hall–Kier alpha value is -2.03. The first-order chi connectivity index (χ1) is 9.37. The average Bonchev–Trinajstić information content (AvgIpc) is 2.35. The number of fused-ring (bicyclic) bond motifs is 1. The van der Waals surface area contributed by atoms with Crippen LogP contribution in [-0.4, -0.2) is 11.7 Å². The van der Waals surface area contributed by atoms with Crippen LogP contribution in [-0.2, 0) is 4.74 Å². The second kappa shape index (κ2) is 5.53. The highest BCUT2D eigenvalue weighted by atomic mass is 16.6. The molecule has 0 unspecified atom stereocenters. The molecule has 0 aliphatic carbocycles. The van der Waals surface area contributed by atoms with Crippen molar-refractivity contribution >= 4 is 16.9 Å². The Morgan fingerprint density at radius 3 is 2.45 bits per heavy atom. The Balaban J connectivity index is 2.20. The number of rotatable bonds is 2. The largest absolute Gasteiger partial charge is 0.444 e. The van der Waals surface area contributed by atoms with Crippen molar-refractivity contribution in [3.05, 3.63) is 48.0 Å². The van der Waals surface area contributed by atoms with Gasteiger partial charge in [0.05, 0.1) is 6.04 Å². The molecule has 0 aromatic heterocycles. The molecule has 0 spiro atoms. The molecule has 1 atom stereocenters. The van der Waals surface area contributed by atoms with Crippen LogP contribution in [0.4, 0.5) is 4.79 Å². The zero-order chi connectivity index (χ0) is 14.8. The fourth-order valence-electron chi connectivity index (χ4n) is 2.19. The van der Waals surface area contributed by atoms with E-state index < -0.39 is 11.7 Å². The van der Waals surface area contributed by atoms with Gasteiger partial charge in [0.15, 0.2) is 0 Å². The van der Waals surface area contributed by atoms with Gasteiger partial charge in [-0.05, 0) is 44.0 Å². The monoisotopic (exact) mass is 271 g/mol. The molecule has 0 heterocycles.